The molecule has 0 aliphatic carbocycles. The van der Waals surface area contributed by atoms with E-state index in [1.54, 1.807) is 26.1 Å². The molecule has 0 saturated carbocycles. The number of para-hydroxylation sites is 1. The van der Waals surface area contributed by atoms with E-state index in [-0.39, 0.29) is 4.90 Å². The average Bonchev–Trinajstić information content (AvgIpc) is 2.82. The molecule has 1 aromatic carbocycles. The summed E-state index contributed by atoms with van der Waals surface area (Å²) >= 11 is 0. The van der Waals surface area contributed by atoms with Crippen molar-refractivity contribution < 1.29 is 8.42 Å². The van der Waals surface area contributed by atoms with Gasteiger partial charge in [0.2, 0.25) is 0 Å². The lowest BCUT2D eigenvalue weighted by atomic mass is 10.3. The van der Waals surface area contributed by atoms with Crippen LogP contribution < -0.4 is 9.62 Å². The van der Waals surface area contributed by atoms with Crippen LogP contribution >= 0.6 is 0 Å². The Bertz CT molecular complexity index is 695. The molecule has 2 N–H and O–H groups in total. The Morgan fingerprint density at radius 2 is 1.95 bits per heavy atom. The molecule has 6 nitrogen and oxygen atoms in total. The van der Waals surface area contributed by atoms with Crippen molar-refractivity contribution in [1.29, 1.82) is 0 Å². The van der Waals surface area contributed by atoms with Gasteiger partial charge in [0, 0.05) is 13.1 Å². The van der Waals surface area contributed by atoms with Crippen LogP contribution in [-0.4, -0.2) is 32.2 Å². The minimum absolute atomic E-state index is 0.252. The summed E-state index contributed by atoms with van der Waals surface area (Å²) in [6.07, 6.45) is 0. The molecule has 0 saturated heterocycles. The van der Waals surface area contributed by atoms with Gasteiger partial charge in [-0.05, 0) is 33.0 Å². The molecule has 0 atom stereocenters. The molecule has 0 aliphatic rings. The first-order chi connectivity index (χ1) is 10.0. The van der Waals surface area contributed by atoms with Crippen molar-refractivity contribution in [1.82, 2.24) is 15.5 Å². The molecule has 0 spiro atoms. The van der Waals surface area contributed by atoms with Gasteiger partial charge in [0.05, 0.1) is 17.1 Å². The van der Waals surface area contributed by atoms with E-state index in [0.717, 1.165) is 0 Å². The summed E-state index contributed by atoms with van der Waals surface area (Å²) in [4.78, 5) is 0.252. The SMILES string of the molecule is CCN(c1ccccc1)S(=O)(=O)c1c(CNC)n[nH]c1C. The van der Waals surface area contributed by atoms with Crippen molar-refractivity contribution in [3.8, 4) is 0 Å². The Morgan fingerprint density at radius 3 is 2.52 bits per heavy atom. The quantitative estimate of drug-likeness (QED) is 0.850. The second-order valence-electron chi connectivity index (χ2n) is 4.66. The number of sulfonamides is 1. The number of benzene rings is 1. The highest BCUT2D eigenvalue weighted by molar-refractivity contribution is 7.93. The maximum atomic E-state index is 13.0. The molecule has 1 heterocycles. The van der Waals surface area contributed by atoms with Crippen molar-refractivity contribution in [3.63, 3.8) is 0 Å². The summed E-state index contributed by atoms with van der Waals surface area (Å²) in [6, 6.07) is 9.08. The molecule has 21 heavy (non-hydrogen) atoms. The smallest absolute Gasteiger partial charge is 0.268 e. The van der Waals surface area contributed by atoms with Gasteiger partial charge in [-0.1, -0.05) is 18.2 Å². The average molecular weight is 308 g/mol. The van der Waals surface area contributed by atoms with Gasteiger partial charge in [-0.2, -0.15) is 5.10 Å². The van der Waals surface area contributed by atoms with E-state index in [2.05, 4.69) is 15.5 Å². The largest absolute Gasteiger partial charge is 0.314 e. The van der Waals surface area contributed by atoms with Crippen molar-refractivity contribution in [2.45, 2.75) is 25.3 Å². The number of hydrogen-bond donors (Lipinski definition) is 2. The van der Waals surface area contributed by atoms with E-state index >= 15 is 0 Å². The van der Waals surface area contributed by atoms with Crippen LogP contribution in [0.15, 0.2) is 35.2 Å². The van der Waals surface area contributed by atoms with Crippen molar-refractivity contribution in [2.24, 2.45) is 0 Å². The number of aryl methyl sites for hydroxylation is 1. The van der Waals surface area contributed by atoms with Crippen LogP contribution in [0.5, 0.6) is 0 Å². The second kappa shape index (κ2) is 6.28. The highest BCUT2D eigenvalue weighted by atomic mass is 32.2. The lowest BCUT2D eigenvalue weighted by Gasteiger charge is -2.23. The third-order valence-electron chi connectivity index (χ3n) is 3.18. The normalized spacial score (nSPS) is 11.6. The number of anilines is 1. The predicted molar refractivity (Wildman–Crippen MR) is 82.7 cm³/mol. The summed E-state index contributed by atoms with van der Waals surface area (Å²) in [6.45, 7) is 4.29. The fraction of sp³-hybridized carbons (Fsp3) is 0.357. The Hall–Kier alpha value is -1.86. The monoisotopic (exact) mass is 308 g/mol. The first-order valence-electron chi connectivity index (χ1n) is 6.78. The maximum Gasteiger partial charge on any atom is 0.268 e. The van der Waals surface area contributed by atoms with Crippen LogP contribution in [-0.2, 0) is 16.6 Å². The van der Waals surface area contributed by atoms with Gasteiger partial charge in [-0.25, -0.2) is 8.42 Å². The molecule has 0 unspecified atom stereocenters. The molecule has 114 valence electrons. The van der Waals surface area contributed by atoms with Crippen LogP contribution in [0.1, 0.15) is 18.3 Å². The molecule has 0 fully saturated rings. The molecular weight excluding hydrogens is 288 g/mol. The Labute approximate surface area is 125 Å². The van der Waals surface area contributed by atoms with Crippen LogP contribution in [0.3, 0.4) is 0 Å². The number of nitrogens with zero attached hydrogens (tertiary/aromatic N) is 2. The highest BCUT2D eigenvalue weighted by Gasteiger charge is 2.30. The Morgan fingerprint density at radius 1 is 1.29 bits per heavy atom. The summed E-state index contributed by atoms with van der Waals surface area (Å²) in [5, 5.41) is 9.79. The van der Waals surface area contributed by atoms with Gasteiger partial charge in [0.15, 0.2) is 0 Å². The molecule has 2 aromatic rings. The molecule has 2 rings (SSSR count). The fourth-order valence-electron chi connectivity index (χ4n) is 2.29. The summed E-state index contributed by atoms with van der Waals surface area (Å²) < 4.78 is 27.4. The van der Waals surface area contributed by atoms with Crippen LogP contribution in [0.2, 0.25) is 0 Å². The fourth-order valence-corrected chi connectivity index (χ4v) is 4.10. The first kappa shape index (κ1) is 15.5. The Balaban J connectivity index is 2.53. The van der Waals surface area contributed by atoms with E-state index in [9.17, 15) is 8.42 Å². The predicted octanol–water partition coefficient (Wildman–Crippen LogP) is 1.65. The van der Waals surface area contributed by atoms with Gasteiger partial charge in [-0.15, -0.1) is 0 Å². The molecule has 0 amide bonds. The molecular formula is C14H20N4O2S. The minimum atomic E-state index is -3.64. The summed E-state index contributed by atoms with van der Waals surface area (Å²) in [7, 11) is -1.89. The number of aromatic nitrogens is 2. The van der Waals surface area contributed by atoms with Crippen LogP contribution in [0.4, 0.5) is 5.69 Å². The van der Waals surface area contributed by atoms with Crippen LogP contribution in [0, 0.1) is 6.92 Å². The number of H-pyrrole nitrogens is 1. The lowest BCUT2D eigenvalue weighted by Crippen LogP contribution is -2.32. The zero-order valence-electron chi connectivity index (χ0n) is 12.4. The number of rotatable bonds is 6. The van der Waals surface area contributed by atoms with Gasteiger partial charge < -0.3 is 5.32 Å². The zero-order chi connectivity index (χ0) is 15.5. The molecule has 0 aliphatic heterocycles. The summed E-state index contributed by atoms with van der Waals surface area (Å²) in [5.41, 5.74) is 1.70. The minimum Gasteiger partial charge on any atom is -0.314 e. The van der Waals surface area contributed by atoms with E-state index < -0.39 is 10.0 Å². The molecule has 1 aromatic heterocycles. The van der Waals surface area contributed by atoms with E-state index in [1.165, 1.54) is 4.31 Å². The summed E-state index contributed by atoms with van der Waals surface area (Å²) in [5.74, 6) is 0. The standard InChI is InChI=1S/C14H20N4O2S/c1-4-18(12-8-6-5-7-9-12)21(19,20)14-11(2)16-17-13(14)10-15-3/h5-9,15H,4,10H2,1-3H3,(H,16,17). The molecule has 0 radical (unpaired) electrons. The van der Waals surface area contributed by atoms with Gasteiger partial charge >= 0.3 is 0 Å². The topological polar surface area (TPSA) is 78.1 Å². The van der Waals surface area contributed by atoms with Crippen molar-refractivity contribution >= 4 is 15.7 Å². The maximum absolute atomic E-state index is 13.0. The van der Waals surface area contributed by atoms with E-state index in [4.69, 9.17) is 0 Å². The third-order valence-corrected chi connectivity index (χ3v) is 5.29. The molecule has 7 heteroatoms. The Kier molecular flexibility index (Phi) is 4.64. The van der Waals surface area contributed by atoms with E-state index in [1.807, 2.05) is 25.1 Å². The number of hydrogen-bond acceptors (Lipinski definition) is 4. The second-order valence-corrected chi connectivity index (χ2v) is 6.46. The molecule has 0 bridgehead atoms. The number of aromatic amines is 1. The van der Waals surface area contributed by atoms with Gasteiger partial charge in [-0.3, -0.25) is 9.40 Å². The lowest BCUT2D eigenvalue weighted by molar-refractivity contribution is 0.589. The van der Waals surface area contributed by atoms with Crippen molar-refractivity contribution in [2.75, 3.05) is 17.9 Å². The third kappa shape index (κ3) is 2.93. The van der Waals surface area contributed by atoms with Gasteiger partial charge in [0.1, 0.15) is 4.90 Å². The number of nitrogens with one attached hydrogen (secondary N) is 2. The van der Waals surface area contributed by atoms with Gasteiger partial charge in [0.25, 0.3) is 10.0 Å². The highest BCUT2D eigenvalue weighted by Crippen LogP contribution is 2.26. The first-order valence-corrected chi connectivity index (χ1v) is 8.22. The zero-order valence-corrected chi connectivity index (χ0v) is 13.2. The van der Waals surface area contributed by atoms with Crippen molar-refractivity contribution in [3.05, 3.63) is 41.7 Å². The van der Waals surface area contributed by atoms with E-state index in [0.29, 0.717) is 30.2 Å². The van der Waals surface area contributed by atoms with Crippen LogP contribution in [0.25, 0.3) is 0 Å².